The summed E-state index contributed by atoms with van der Waals surface area (Å²) in [6, 6.07) is 4.12. The van der Waals surface area contributed by atoms with E-state index in [0.29, 0.717) is 17.4 Å². The average molecular weight is 672 g/mol. The molecule has 0 aliphatic heterocycles. The van der Waals surface area contributed by atoms with E-state index >= 15 is 0 Å². The minimum Gasteiger partial charge on any atom is -0.481 e. The normalized spacial score (nSPS) is 18.0. The second-order valence-electron chi connectivity index (χ2n) is 12.8. The fraction of sp³-hybridized carbons (Fsp3) is 0.533. The number of carbonyl (C=O) groups is 2. The van der Waals surface area contributed by atoms with Crippen LogP contribution >= 0.6 is 0 Å². The zero-order valence-electron chi connectivity index (χ0n) is 25.8. The first kappa shape index (κ1) is 35.2. The van der Waals surface area contributed by atoms with Crippen molar-refractivity contribution in [1.82, 2.24) is 24.5 Å². The van der Waals surface area contributed by atoms with E-state index in [2.05, 4.69) is 29.8 Å². The highest BCUT2D eigenvalue weighted by atomic mass is 28.3. The second kappa shape index (κ2) is 14.4. The van der Waals surface area contributed by atoms with Crippen molar-refractivity contribution in [1.29, 1.82) is 0 Å². The Morgan fingerprint density at radius 3 is 2.35 bits per heavy atom. The molecule has 1 aliphatic rings. The Hall–Kier alpha value is -3.63. The van der Waals surface area contributed by atoms with E-state index in [4.69, 9.17) is 4.74 Å². The minimum absolute atomic E-state index is 0.0488. The third-order valence-corrected chi connectivity index (χ3v) is 9.59. The quantitative estimate of drug-likeness (QED) is 0.132. The minimum atomic E-state index is -5.02. The van der Waals surface area contributed by atoms with Crippen molar-refractivity contribution in [3.63, 3.8) is 0 Å². The van der Waals surface area contributed by atoms with E-state index in [0.717, 1.165) is 29.3 Å². The van der Waals surface area contributed by atoms with Crippen LogP contribution in [0.25, 0.3) is 0 Å². The summed E-state index contributed by atoms with van der Waals surface area (Å²) in [7, 11) is -1.31. The van der Waals surface area contributed by atoms with E-state index in [-0.39, 0.29) is 43.7 Å². The first-order chi connectivity index (χ1) is 21.5. The maximum atomic E-state index is 14.5. The van der Waals surface area contributed by atoms with Crippen molar-refractivity contribution in [2.75, 3.05) is 13.2 Å². The summed E-state index contributed by atoms with van der Waals surface area (Å²) in [4.78, 5) is 26.0. The van der Waals surface area contributed by atoms with Crippen LogP contribution in [0.15, 0.2) is 36.7 Å². The van der Waals surface area contributed by atoms with Crippen LogP contribution in [0, 0.1) is 17.6 Å². The number of amides is 1. The molecular formula is C30H38F5N5O5Si. The van der Waals surface area contributed by atoms with Crippen LogP contribution < -0.4 is 0 Å². The van der Waals surface area contributed by atoms with Gasteiger partial charge in [-0.3, -0.25) is 14.3 Å². The molecule has 1 unspecified atom stereocenters. The molecule has 10 nitrogen and oxygen atoms in total. The van der Waals surface area contributed by atoms with E-state index < -0.39 is 80.2 Å². The third kappa shape index (κ3) is 9.22. The first-order valence-electron chi connectivity index (χ1n) is 14.9. The number of nitrogens with zero attached hydrogens (tertiary/aromatic N) is 5. The SMILES string of the molecule is C[Si](C)(C)CCOCn1ccc(C(O)CN(Cc2cc(F)cc(F)c2)C(=O)c2cnn(C3CCC(C(=O)O)CC3)c2C(F)(F)F)n1. The molecule has 1 amide bonds. The molecule has 1 aromatic carbocycles. The molecule has 16 heteroatoms. The molecule has 0 radical (unpaired) electrons. The number of aliphatic hydroxyl groups excluding tert-OH is 1. The number of alkyl halides is 3. The van der Waals surface area contributed by atoms with Crippen LogP contribution in [0.3, 0.4) is 0 Å². The fourth-order valence-corrected chi connectivity index (χ4v) is 6.18. The van der Waals surface area contributed by atoms with E-state index in [1.165, 1.54) is 10.7 Å². The van der Waals surface area contributed by atoms with E-state index in [9.17, 15) is 41.8 Å². The van der Waals surface area contributed by atoms with Gasteiger partial charge in [0.2, 0.25) is 0 Å². The summed E-state index contributed by atoms with van der Waals surface area (Å²) in [5.74, 6) is -4.76. The molecule has 2 aromatic heterocycles. The van der Waals surface area contributed by atoms with Gasteiger partial charge in [-0.15, -0.1) is 0 Å². The maximum Gasteiger partial charge on any atom is 0.433 e. The number of hydrogen-bond donors (Lipinski definition) is 2. The van der Waals surface area contributed by atoms with Crippen LogP contribution in [-0.2, 0) is 29.0 Å². The number of hydrogen-bond acceptors (Lipinski definition) is 6. The number of aliphatic carboxylic acids is 1. The highest BCUT2D eigenvalue weighted by Crippen LogP contribution is 2.39. The van der Waals surface area contributed by atoms with Crippen LogP contribution in [0.5, 0.6) is 0 Å². The smallest absolute Gasteiger partial charge is 0.433 e. The van der Waals surface area contributed by atoms with Crippen molar-refractivity contribution in [2.24, 2.45) is 5.92 Å². The van der Waals surface area contributed by atoms with Gasteiger partial charge in [-0.2, -0.15) is 23.4 Å². The molecule has 0 saturated heterocycles. The number of carbonyl (C=O) groups excluding carboxylic acids is 1. The average Bonchev–Trinajstić information content (AvgIpc) is 3.62. The second-order valence-corrected chi connectivity index (χ2v) is 18.4. The molecular weight excluding hydrogens is 633 g/mol. The largest absolute Gasteiger partial charge is 0.481 e. The first-order valence-corrected chi connectivity index (χ1v) is 18.6. The number of carboxylic acid groups (broad SMARTS) is 1. The van der Waals surface area contributed by atoms with Crippen LogP contribution in [0.1, 0.15) is 65.1 Å². The number of rotatable bonds is 13. The lowest BCUT2D eigenvalue weighted by molar-refractivity contribution is -0.147. The molecule has 2 heterocycles. The van der Waals surface area contributed by atoms with Gasteiger partial charge >= 0.3 is 12.1 Å². The van der Waals surface area contributed by atoms with Crippen molar-refractivity contribution >= 4 is 20.0 Å². The van der Waals surface area contributed by atoms with Gasteiger partial charge in [0, 0.05) is 33.5 Å². The standard InChI is InChI=1S/C30H38F5N5O5Si/c1-46(2,3)11-10-45-18-39-9-8-25(37-39)26(41)17-38(16-19-12-21(31)14-22(32)13-19)28(42)24-15-36-40(27(24)30(33,34)35)23-6-4-20(5-7-23)29(43)44/h8-9,12-15,20,23,26,41H,4-7,10-11,16-18H2,1-3H3,(H,43,44). The van der Waals surface area contributed by atoms with Gasteiger partial charge in [-0.25, -0.2) is 13.5 Å². The summed E-state index contributed by atoms with van der Waals surface area (Å²) < 4.78 is 79.3. The highest BCUT2D eigenvalue weighted by molar-refractivity contribution is 6.76. The molecule has 1 atom stereocenters. The number of benzene rings is 1. The summed E-state index contributed by atoms with van der Waals surface area (Å²) >= 11 is 0. The Morgan fingerprint density at radius 1 is 1.11 bits per heavy atom. The van der Waals surface area contributed by atoms with Gasteiger partial charge in [-0.1, -0.05) is 19.6 Å². The molecule has 1 fully saturated rings. The van der Waals surface area contributed by atoms with Crippen LogP contribution in [0.4, 0.5) is 22.0 Å². The molecule has 252 valence electrons. The summed E-state index contributed by atoms with van der Waals surface area (Å²) in [6.45, 7) is 6.16. The Kier molecular flexibility index (Phi) is 11.0. The van der Waals surface area contributed by atoms with Gasteiger partial charge in [0.05, 0.1) is 36.0 Å². The zero-order valence-corrected chi connectivity index (χ0v) is 26.8. The van der Waals surface area contributed by atoms with E-state index in [1.807, 2.05) is 0 Å². The zero-order chi connectivity index (χ0) is 33.8. The van der Waals surface area contributed by atoms with Crippen molar-refractivity contribution in [3.8, 4) is 0 Å². The fourth-order valence-electron chi connectivity index (χ4n) is 5.42. The Balaban J connectivity index is 1.59. The number of halogens is 5. The van der Waals surface area contributed by atoms with Gasteiger partial charge < -0.3 is 19.8 Å². The van der Waals surface area contributed by atoms with Gasteiger partial charge in [0.15, 0.2) is 5.69 Å². The lowest BCUT2D eigenvalue weighted by Gasteiger charge is -2.29. The van der Waals surface area contributed by atoms with E-state index in [1.54, 1.807) is 6.20 Å². The molecule has 46 heavy (non-hydrogen) atoms. The van der Waals surface area contributed by atoms with Crippen molar-refractivity contribution in [3.05, 3.63) is 70.8 Å². The molecule has 1 aliphatic carbocycles. The predicted molar refractivity (Wildman–Crippen MR) is 158 cm³/mol. The summed E-state index contributed by atoms with van der Waals surface area (Å²) in [5, 5.41) is 28.5. The predicted octanol–water partition coefficient (Wildman–Crippen LogP) is 5.88. The number of aliphatic hydroxyl groups is 1. The Morgan fingerprint density at radius 2 is 1.76 bits per heavy atom. The highest BCUT2D eigenvalue weighted by Gasteiger charge is 2.43. The summed E-state index contributed by atoms with van der Waals surface area (Å²) in [5.41, 5.74) is -2.06. The molecule has 2 N–H and O–H groups in total. The van der Waals surface area contributed by atoms with Crippen LogP contribution in [-0.4, -0.2) is 67.8 Å². The number of carboxylic acids is 1. The van der Waals surface area contributed by atoms with Gasteiger partial charge in [-0.05, 0) is 55.5 Å². The Labute approximate surface area is 263 Å². The van der Waals surface area contributed by atoms with Crippen molar-refractivity contribution < 1.29 is 46.5 Å². The third-order valence-electron chi connectivity index (χ3n) is 7.89. The van der Waals surface area contributed by atoms with Crippen LogP contribution in [0.2, 0.25) is 25.7 Å². The molecule has 0 spiro atoms. The number of ether oxygens (including phenoxy) is 1. The lowest BCUT2D eigenvalue weighted by Crippen LogP contribution is -2.36. The lowest BCUT2D eigenvalue weighted by atomic mass is 9.86. The van der Waals surface area contributed by atoms with Gasteiger partial charge in [0.25, 0.3) is 5.91 Å². The monoisotopic (exact) mass is 671 g/mol. The summed E-state index contributed by atoms with van der Waals surface area (Å²) in [6.07, 6.45) is -3.62. The number of aromatic nitrogens is 4. The topological polar surface area (TPSA) is 123 Å². The Bertz CT molecular complexity index is 1490. The molecule has 1 saturated carbocycles. The maximum absolute atomic E-state index is 14.5. The molecule has 3 aromatic rings. The van der Waals surface area contributed by atoms with Crippen molar-refractivity contribution in [2.45, 2.75) is 83.0 Å². The molecule has 0 bridgehead atoms. The molecule has 4 rings (SSSR count). The van der Waals surface area contributed by atoms with Gasteiger partial charge in [0.1, 0.15) is 24.5 Å².